The van der Waals surface area contributed by atoms with Crippen LogP contribution in [0.15, 0.2) is 18.2 Å². The van der Waals surface area contributed by atoms with Gasteiger partial charge in [-0.3, -0.25) is 4.79 Å². The lowest BCUT2D eigenvalue weighted by Gasteiger charge is -2.28. The molecular formula is C16H24N2O2. The Morgan fingerprint density at radius 1 is 1.45 bits per heavy atom. The van der Waals surface area contributed by atoms with E-state index in [-0.39, 0.29) is 5.91 Å². The zero-order valence-electron chi connectivity index (χ0n) is 12.6. The van der Waals surface area contributed by atoms with Crippen LogP contribution in [0.25, 0.3) is 0 Å². The number of likely N-dealkylation sites (N-methyl/N-ethyl adjacent to an activating group) is 1. The van der Waals surface area contributed by atoms with Crippen LogP contribution in [0.2, 0.25) is 0 Å². The molecule has 1 aliphatic rings. The topological polar surface area (TPSA) is 52.6 Å². The third-order valence-corrected chi connectivity index (χ3v) is 4.02. The Morgan fingerprint density at radius 3 is 2.85 bits per heavy atom. The first kappa shape index (κ1) is 15.0. The largest absolute Gasteiger partial charge is 0.387 e. The summed E-state index contributed by atoms with van der Waals surface area (Å²) in [5.74, 6) is 0.0547. The first-order chi connectivity index (χ1) is 9.39. The van der Waals surface area contributed by atoms with Gasteiger partial charge in [-0.05, 0) is 37.9 Å². The van der Waals surface area contributed by atoms with Crippen molar-refractivity contribution in [2.24, 2.45) is 0 Å². The maximum atomic E-state index is 12.3. The van der Waals surface area contributed by atoms with Gasteiger partial charge in [-0.2, -0.15) is 0 Å². The Kier molecular flexibility index (Phi) is 4.45. The van der Waals surface area contributed by atoms with Crippen LogP contribution in [0.3, 0.4) is 0 Å². The lowest BCUT2D eigenvalue weighted by atomic mass is 10.0. The molecule has 1 aromatic carbocycles. The number of amides is 1. The SMILES string of the molecule is Cc1ccc(C)c(CC(=O)N(C)CC2(O)CCNC2)c1. The quantitative estimate of drug-likeness (QED) is 0.863. The predicted molar refractivity (Wildman–Crippen MR) is 79.7 cm³/mol. The molecule has 1 aliphatic heterocycles. The molecule has 1 saturated heterocycles. The van der Waals surface area contributed by atoms with Crippen molar-refractivity contribution in [2.45, 2.75) is 32.3 Å². The molecule has 1 heterocycles. The zero-order chi connectivity index (χ0) is 14.8. The van der Waals surface area contributed by atoms with Crippen molar-refractivity contribution in [1.29, 1.82) is 0 Å². The summed E-state index contributed by atoms with van der Waals surface area (Å²) < 4.78 is 0. The highest BCUT2D eigenvalue weighted by Crippen LogP contribution is 2.17. The summed E-state index contributed by atoms with van der Waals surface area (Å²) in [5, 5.41) is 13.5. The van der Waals surface area contributed by atoms with Crippen molar-refractivity contribution in [1.82, 2.24) is 10.2 Å². The third kappa shape index (κ3) is 3.58. The van der Waals surface area contributed by atoms with Gasteiger partial charge in [-0.25, -0.2) is 0 Å². The second-order valence-corrected chi connectivity index (χ2v) is 6.01. The van der Waals surface area contributed by atoms with Gasteiger partial charge in [-0.1, -0.05) is 23.8 Å². The van der Waals surface area contributed by atoms with Gasteiger partial charge in [0.05, 0.1) is 18.6 Å². The summed E-state index contributed by atoms with van der Waals surface area (Å²) in [6, 6.07) is 6.17. The minimum absolute atomic E-state index is 0.0547. The lowest BCUT2D eigenvalue weighted by molar-refractivity contribution is -0.132. The van der Waals surface area contributed by atoms with Crippen LogP contribution in [0.4, 0.5) is 0 Å². The van der Waals surface area contributed by atoms with Crippen molar-refractivity contribution in [3.63, 3.8) is 0 Å². The smallest absolute Gasteiger partial charge is 0.226 e. The fourth-order valence-electron chi connectivity index (χ4n) is 2.68. The molecule has 20 heavy (non-hydrogen) atoms. The van der Waals surface area contributed by atoms with Crippen LogP contribution < -0.4 is 5.32 Å². The first-order valence-corrected chi connectivity index (χ1v) is 7.13. The van der Waals surface area contributed by atoms with Crippen LogP contribution in [-0.2, 0) is 11.2 Å². The van der Waals surface area contributed by atoms with E-state index in [4.69, 9.17) is 0 Å². The highest BCUT2D eigenvalue weighted by molar-refractivity contribution is 5.79. The normalized spacial score (nSPS) is 22.0. The van der Waals surface area contributed by atoms with E-state index in [1.165, 1.54) is 5.56 Å². The second kappa shape index (κ2) is 5.94. The molecule has 0 aliphatic carbocycles. The van der Waals surface area contributed by atoms with Gasteiger partial charge in [0.2, 0.25) is 5.91 Å². The highest BCUT2D eigenvalue weighted by Gasteiger charge is 2.33. The molecule has 110 valence electrons. The number of carbonyl (C=O) groups excluding carboxylic acids is 1. The number of aliphatic hydroxyl groups is 1. The van der Waals surface area contributed by atoms with Gasteiger partial charge in [0.25, 0.3) is 0 Å². The molecule has 0 saturated carbocycles. The van der Waals surface area contributed by atoms with Gasteiger partial charge >= 0.3 is 0 Å². The van der Waals surface area contributed by atoms with E-state index in [9.17, 15) is 9.90 Å². The molecule has 2 N–H and O–H groups in total. The molecule has 0 spiro atoms. The van der Waals surface area contributed by atoms with E-state index >= 15 is 0 Å². The maximum absolute atomic E-state index is 12.3. The summed E-state index contributed by atoms with van der Waals surface area (Å²) in [7, 11) is 1.77. The Bertz CT molecular complexity index is 493. The highest BCUT2D eigenvalue weighted by atomic mass is 16.3. The third-order valence-electron chi connectivity index (χ3n) is 4.02. The monoisotopic (exact) mass is 276 g/mol. The first-order valence-electron chi connectivity index (χ1n) is 7.13. The molecule has 1 fully saturated rings. The van der Waals surface area contributed by atoms with Gasteiger partial charge in [0, 0.05) is 13.6 Å². The minimum Gasteiger partial charge on any atom is -0.387 e. The molecule has 0 aromatic heterocycles. The Hall–Kier alpha value is -1.39. The number of carbonyl (C=O) groups is 1. The fourth-order valence-corrected chi connectivity index (χ4v) is 2.68. The number of β-amino-alcohol motifs (C(OH)–C–C–N with tert-alkyl or cyclic N) is 1. The van der Waals surface area contributed by atoms with Crippen LogP contribution in [0.5, 0.6) is 0 Å². The maximum Gasteiger partial charge on any atom is 0.226 e. The van der Waals surface area contributed by atoms with E-state index in [0.717, 1.165) is 17.7 Å². The molecule has 4 heteroatoms. The second-order valence-electron chi connectivity index (χ2n) is 6.01. The fraction of sp³-hybridized carbons (Fsp3) is 0.562. The molecular weight excluding hydrogens is 252 g/mol. The summed E-state index contributed by atoms with van der Waals surface area (Å²) in [4.78, 5) is 13.9. The molecule has 2 rings (SSSR count). The number of hydrogen-bond acceptors (Lipinski definition) is 3. The summed E-state index contributed by atoms with van der Waals surface area (Å²) in [6.45, 7) is 5.83. The molecule has 1 amide bonds. The van der Waals surface area contributed by atoms with Gasteiger partial charge < -0.3 is 15.3 Å². The van der Waals surface area contributed by atoms with Crippen LogP contribution >= 0.6 is 0 Å². The average Bonchev–Trinajstić information content (AvgIpc) is 2.80. The van der Waals surface area contributed by atoms with E-state index in [2.05, 4.69) is 17.4 Å². The summed E-state index contributed by atoms with van der Waals surface area (Å²) in [6.07, 6.45) is 1.10. The Morgan fingerprint density at radius 2 is 2.20 bits per heavy atom. The van der Waals surface area contributed by atoms with Crippen molar-refractivity contribution in [3.8, 4) is 0 Å². The van der Waals surface area contributed by atoms with Gasteiger partial charge in [-0.15, -0.1) is 0 Å². The van der Waals surface area contributed by atoms with Gasteiger partial charge in [0.1, 0.15) is 0 Å². The number of rotatable bonds is 4. The molecule has 1 aromatic rings. The van der Waals surface area contributed by atoms with Gasteiger partial charge in [0.15, 0.2) is 0 Å². The van der Waals surface area contributed by atoms with Crippen molar-refractivity contribution >= 4 is 5.91 Å². The molecule has 1 atom stereocenters. The molecule has 1 unspecified atom stereocenters. The number of aryl methyl sites for hydroxylation is 2. The minimum atomic E-state index is -0.772. The zero-order valence-corrected chi connectivity index (χ0v) is 12.6. The van der Waals surface area contributed by atoms with Crippen LogP contribution in [0.1, 0.15) is 23.1 Å². The summed E-state index contributed by atoms with van der Waals surface area (Å²) >= 11 is 0. The van der Waals surface area contributed by atoms with E-state index in [0.29, 0.717) is 25.9 Å². The Labute approximate surface area is 120 Å². The number of benzene rings is 1. The van der Waals surface area contributed by atoms with Crippen LogP contribution in [-0.4, -0.2) is 48.2 Å². The summed E-state index contributed by atoms with van der Waals surface area (Å²) in [5.41, 5.74) is 2.60. The number of hydrogen-bond donors (Lipinski definition) is 2. The molecule has 4 nitrogen and oxygen atoms in total. The van der Waals surface area contributed by atoms with E-state index in [1.54, 1.807) is 11.9 Å². The van der Waals surface area contributed by atoms with Crippen molar-refractivity contribution in [2.75, 3.05) is 26.7 Å². The van der Waals surface area contributed by atoms with Crippen molar-refractivity contribution in [3.05, 3.63) is 34.9 Å². The number of nitrogens with zero attached hydrogens (tertiary/aromatic N) is 1. The predicted octanol–water partition coefficient (Wildman–Crippen LogP) is 1.03. The van der Waals surface area contributed by atoms with E-state index < -0.39 is 5.60 Å². The Balaban J connectivity index is 1.98. The average molecular weight is 276 g/mol. The standard InChI is InChI=1S/C16H24N2O2/c1-12-4-5-13(2)14(8-12)9-15(19)18(3)11-16(20)6-7-17-10-16/h4-5,8,17,20H,6-7,9-11H2,1-3H3. The lowest BCUT2D eigenvalue weighted by Crippen LogP contribution is -2.45. The van der Waals surface area contributed by atoms with Crippen LogP contribution in [0, 0.1) is 13.8 Å². The van der Waals surface area contributed by atoms with E-state index in [1.807, 2.05) is 19.9 Å². The van der Waals surface area contributed by atoms with Crippen molar-refractivity contribution < 1.29 is 9.90 Å². The molecule has 0 radical (unpaired) electrons. The molecule has 0 bridgehead atoms. The number of nitrogens with one attached hydrogen (secondary N) is 1.